The summed E-state index contributed by atoms with van der Waals surface area (Å²) in [6.07, 6.45) is 1.85. The zero-order chi connectivity index (χ0) is 17.9. The van der Waals surface area contributed by atoms with Crippen molar-refractivity contribution in [2.45, 2.75) is 6.54 Å². The van der Waals surface area contributed by atoms with Crippen LogP contribution in [0.25, 0.3) is 10.9 Å². The lowest BCUT2D eigenvalue weighted by molar-refractivity contribution is 0.148. The molecule has 3 aromatic rings. The van der Waals surface area contributed by atoms with Gasteiger partial charge in [-0.15, -0.1) is 0 Å². The van der Waals surface area contributed by atoms with E-state index in [4.69, 9.17) is 0 Å². The number of nitrogens with one attached hydrogen (secondary N) is 1. The van der Waals surface area contributed by atoms with Crippen molar-refractivity contribution in [3.8, 4) is 0 Å². The number of likely N-dealkylation sites (N-methyl/N-ethyl adjacent to an activating group) is 1. The maximum Gasteiger partial charge on any atom is 0.0723 e. The van der Waals surface area contributed by atoms with E-state index in [-0.39, 0.29) is 0 Å². The molecule has 4 rings (SSSR count). The van der Waals surface area contributed by atoms with Gasteiger partial charge in [0.15, 0.2) is 0 Å². The Morgan fingerprint density at radius 2 is 1.77 bits per heavy atom. The van der Waals surface area contributed by atoms with Gasteiger partial charge in [-0.05, 0) is 49.0 Å². The number of nitrogens with zero attached hydrogens (tertiary/aromatic N) is 3. The van der Waals surface area contributed by atoms with Crippen molar-refractivity contribution in [2.75, 3.05) is 38.5 Å². The van der Waals surface area contributed by atoms with Crippen molar-refractivity contribution < 1.29 is 0 Å². The Kier molecular flexibility index (Phi) is 5.20. The van der Waals surface area contributed by atoms with E-state index >= 15 is 0 Å². The van der Waals surface area contributed by atoms with E-state index in [1.165, 1.54) is 5.56 Å². The number of halogens is 1. The van der Waals surface area contributed by atoms with E-state index < -0.39 is 0 Å². The monoisotopic (exact) mass is 410 g/mol. The minimum absolute atomic E-state index is 0.991. The lowest BCUT2D eigenvalue weighted by atomic mass is 10.1. The van der Waals surface area contributed by atoms with Gasteiger partial charge in [0.05, 0.1) is 5.52 Å². The van der Waals surface area contributed by atoms with Crippen molar-refractivity contribution in [3.05, 3.63) is 64.8 Å². The summed E-state index contributed by atoms with van der Waals surface area (Å²) >= 11 is 3.55. The van der Waals surface area contributed by atoms with Crippen molar-refractivity contribution in [1.82, 2.24) is 14.8 Å². The molecule has 1 N–H and O–H groups in total. The van der Waals surface area contributed by atoms with Gasteiger partial charge in [-0.1, -0.05) is 28.1 Å². The third kappa shape index (κ3) is 4.06. The number of hydrogen-bond acceptors (Lipinski definition) is 4. The van der Waals surface area contributed by atoms with Crippen LogP contribution < -0.4 is 5.32 Å². The number of rotatable bonds is 4. The Hall–Kier alpha value is -1.95. The van der Waals surface area contributed by atoms with E-state index in [2.05, 4.69) is 73.4 Å². The van der Waals surface area contributed by atoms with Crippen LogP contribution in [0.3, 0.4) is 0 Å². The third-order valence-corrected chi connectivity index (χ3v) is 5.43. The fourth-order valence-corrected chi connectivity index (χ4v) is 3.70. The number of piperazine rings is 1. The van der Waals surface area contributed by atoms with E-state index in [1.54, 1.807) is 0 Å². The van der Waals surface area contributed by atoms with E-state index in [1.807, 2.05) is 24.4 Å². The minimum atomic E-state index is 0.991. The maximum atomic E-state index is 4.44. The summed E-state index contributed by atoms with van der Waals surface area (Å²) in [5.74, 6) is 0. The SMILES string of the molecule is CN1CCN(Cc2ccc(Nc3ccnc4ccc(Br)cc34)cc2)CC1. The standard InChI is InChI=1S/C21H23BrN4/c1-25-10-12-26(13-11-25)15-16-2-5-18(6-3-16)24-21-8-9-23-20-7-4-17(22)14-19(20)21/h2-9,14H,10-13,15H2,1H3,(H,23,24). The number of anilines is 2. The number of hydrogen-bond donors (Lipinski definition) is 1. The molecule has 1 aliphatic rings. The molecule has 1 aliphatic heterocycles. The van der Waals surface area contributed by atoms with Gasteiger partial charge in [0, 0.05) is 60.2 Å². The average molecular weight is 411 g/mol. The van der Waals surface area contributed by atoms with Crippen LogP contribution in [0.15, 0.2) is 59.2 Å². The number of benzene rings is 2. The Balaban J connectivity index is 1.47. The predicted octanol–water partition coefficient (Wildman–Crippen LogP) is 4.49. The van der Waals surface area contributed by atoms with Crippen LogP contribution in [-0.2, 0) is 6.54 Å². The lowest BCUT2D eigenvalue weighted by Crippen LogP contribution is -2.43. The minimum Gasteiger partial charge on any atom is -0.355 e. The number of aromatic nitrogens is 1. The normalized spacial score (nSPS) is 16.1. The van der Waals surface area contributed by atoms with Gasteiger partial charge in [0.2, 0.25) is 0 Å². The quantitative estimate of drug-likeness (QED) is 0.686. The largest absolute Gasteiger partial charge is 0.355 e. The van der Waals surface area contributed by atoms with Crippen molar-refractivity contribution in [2.24, 2.45) is 0 Å². The second-order valence-electron chi connectivity index (χ2n) is 6.92. The zero-order valence-corrected chi connectivity index (χ0v) is 16.5. The first-order valence-electron chi connectivity index (χ1n) is 8.98. The molecule has 5 heteroatoms. The molecular formula is C21H23BrN4. The summed E-state index contributed by atoms with van der Waals surface area (Å²) < 4.78 is 1.06. The van der Waals surface area contributed by atoms with Gasteiger partial charge >= 0.3 is 0 Å². The summed E-state index contributed by atoms with van der Waals surface area (Å²) in [4.78, 5) is 9.35. The molecule has 2 heterocycles. The second kappa shape index (κ2) is 7.74. The highest BCUT2D eigenvalue weighted by molar-refractivity contribution is 9.10. The highest BCUT2D eigenvalue weighted by Crippen LogP contribution is 2.27. The fourth-order valence-electron chi connectivity index (χ4n) is 3.34. The van der Waals surface area contributed by atoms with Gasteiger partial charge in [0.1, 0.15) is 0 Å². The Morgan fingerprint density at radius 1 is 1.00 bits per heavy atom. The smallest absolute Gasteiger partial charge is 0.0723 e. The molecule has 0 radical (unpaired) electrons. The van der Waals surface area contributed by atoms with Crippen LogP contribution >= 0.6 is 15.9 Å². The molecule has 0 saturated carbocycles. The number of fused-ring (bicyclic) bond motifs is 1. The summed E-state index contributed by atoms with van der Waals surface area (Å²) in [7, 11) is 2.19. The first-order chi connectivity index (χ1) is 12.7. The topological polar surface area (TPSA) is 31.4 Å². The summed E-state index contributed by atoms with van der Waals surface area (Å²) in [6.45, 7) is 5.64. The van der Waals surface area contributed by atoms with Crippen LogP contribution in [0.1, 0.15) is 5.56 Å². The van der Waals surface area contributed by atoms with Crippen LogP contribution in [0.5, 0.6) is 0 Å². The molecule has 0 amide bonds. The predicted molar refractivity (Wildman–Crippen MR) is 112 cm³/mol. The summed E-state index contributed by atoms with van der Waals surface area (Å²) in [5, 5.41) is 4.64. The third-order valence-electron chi connectivity index (χ3n) is 4.94. The molecule has 2 aromatic carbocycles. The Morgan fingerprint density at radius 3 is 2.54 bits per heavy atom. The van der Waals surface area contributed by atoms with Crippen LogP contribution in [0.4, 0.5) is 11.4 Å². The number of pyridine rings is 1. The fraction of sp³-hybridized carbons (Fsp3) is 0.286. The zero-order valence-electron chi connectivity index (χ0n) is 15.0. The molecular weight excluding hydrogens is 388 g/mol. The average Bonchev–Trinajstić information content (AvgIpc) is 2.66. The van der Waals surface area contributed by atoms with Gasteiger partial charge in [-0.2, -0.15) is 0 Å². The Bertz CT molecular complexity index is 886. The van der Waals surface area contributed by atoms with Crippen LogP contribution in [0, 0.1) is 0 Å². The van der Waals surface area contributed by atoms with Crippen molar-refractivity contribution in [1.29, 1.82) is 0 Å². The second-order valence-corrected chi connectivity index (χ2v) is 7.84. The molecule has 0 aliphatic carbocycles. The molecule has 0 bridgehead atoms. The molecule has 0 unspecified atom stereocenters. The van der Waals surface area contributed by atoms with Gasteiger partial charge in [-0.3, -0.25) is 9.88 Å². The molecule has 1 saturated heterocycles. The first-order valence-corrected chi connectivity index (χ1v) is 9.78. The molecule has 0 spiro atoms. The van der Waals surface area contributed by atoms with Gasteiger partial charge in [-0.25, -0.2) is 0 Å². The first kappa shape index (κ1) is 17.5. The Labute approximate surface area is 163 Å². The summed E-state index contributed by atoms with van der Waals surface area (Å²) in [6, 6.07) is 16.9. The van der Waals surface area contributed by atoms with Crippen molar-refractivity contribution in [3.63, 3.8) is 0 Å². The van der Waals surface area contributed by atoms with E-state index in [0.717, 1.165) is 59.5 Å². The van der Waals surface area contributed by atoms with E-state index in [9.17, 15) is 0 Å². The molecule has 26 heavy (non-hydrogen) atoms. The van der Waals surface area contributed by atoms with Crippen LogP contribution in [0.2, 0.25) is 0 Å². The highest BCUT2D eigenvalue weighted by Gasteiger charge is 2.13. The molecule has 134 valence electrons. The van der Waals surface area contributed by atoms with E-state index in [0.29, 0.717) is 0 Å². The van der Waals surface area contributed by atoms with Crippen LogP contribution in [-0.4, -0.2) is 48.0 Å². The highest BCUT2D eigenvalue weighted by atomic mass is 79.9. The molecule has 4 nitrogen and oxygen atoms in total. The van der Waals surface area contributed by atoms with Crippen molar-refractivity contribution >= 4 is 38.2 Å². The maximum absolute atomic E-state index is 4.44. The van der Waals surface area contributed by atoms with Gasteiger partial charge in [0.25, 0.3) is 0 Å². The lowest BCUT2D eigenvalue weighted by Gasteiger charge is -2.32. The van der Waals surface area contributed by atoms with Gasteiger partial charge < -0.3 is 10.2 Å². The molecule has 0 atom stereocenters. The molecule has 1 fully saturated rings. The molecule has 1 aromatic heterocycles. The summed E-state index contributed by atoms with van der Waals surface area (Å²) in [5.41, 5.74) is 4.52.